The van der Waals surface area contributed by atoms with Crippen LogP contribution in [0.25, 0.3) is 0 Å². The van der Waals surface area contributed by atoms with Gasteiger partial charge < -0.3 is 30.3 Å². The third-order valence-corrected chi connectivity index (χ3v) is 9.88. The number of aliphatic carboxylic acids is 1. The summed E-state index contributed by atoms with van der Waals surface area (Å²) < 4.78 is 32.5. The number of hydrogen-bond donors (Lipinski definition) is 4. The highest BCUT2D eigenvalue weighted by Crippen LogP contribution is 2.43. The Balaban J connectivity index is 4.60. The molecule has 61 heavy (non-hydrogen) atoms. The van der Waals surface area contributed by atoms with Crippen molar-refractivity contribution >= 4 is 25.7 Å². The number of esters is 2. The molecule has 0 aliphatic heterocycles. The van der Waals surface area contributed by atoms with Crippen molar-refractivity contribution in [2.45, 2.75) is 167 Å². The van der Waals surface area contributed by atoms with Crippen LogP contribution in [0.5, 0.6) is 0 Å². The monoisotopic (exact) mass is 876 g/mol. The highest BCUT2D eigenvalue weighted by molar-refractivity contribution is 7.47. The van der Waals surface area contributed by atoms with Gasteiger partial charge in [-0.05, 0) is 77.0 Å². The lowest BCUT2D eigenvalue weighted by Gasteiger charge is -2.20. The molecule has 4 atom stereocenters. The first kappa shape index (κ1) is 57.4. The van der Waals surface area contributed by atoms with Crippen LogP contribution in [0.3, 0.4) is 0 Å². The number of phosphoric ester groups is 1. The number of phosphoric acid groups is 1. The lowest BCUT2D eigenvalue weighted by molar-refractivity contribution is -0.161. The van der Waals surface area contributed by atoms with E-state index >= 15 is 0 Å². The Morgan fingerprint density at radius 2 is 1.11 bits per heavy atom. The van der Waals surface area contributed by atoms with E-state index in [4.69, 9.17) is 24.8 Å². The summed E-state index contributed by atoms with van der Waals surface area (Å²) in [6, 6.07) is -1.56. The molecule has 0 amide bonds. The molecule has 0 rings (SSSR count). The Kier molecular flexibility index (Phi) is 39.2. The molecule has 0 aliphatic rings. The van der Waals surface area contributed by atoms with Crippen LogP contribution in [0.15, 0.2) is 97.2 Å². The number of unbranched alkanes of at least 4 members (excludes halogenated alkanes) is 10. The van der Waals surface area contributed by atoms with Gasteiger partial charge in [-0.25, -0.2) is 4.57 Å². The van der Waals surface area contributed by atoms with E-state index in [-0.39, 0.29) is 19.3 Å². The maximum atomic E-state index is 12.6. The number of carbonyl (C=O) groups excluding carboxylic acids is 2. The first-order valence-electron chi connectivity index (χ1n) is 22.4. The summed E-state index contributed by atoms with van der Waals surface area (Å²) >= 11 is 0. The Morgan fingerprint density at radius 3 is 1.69 bits per heavy atom. The van der Waals surface area contributed by atoms with Crippen LogP contribution in [-0.2, 0) is 37.5 Å². The summed E-state index contributed by atoms with van der Waals surface area (Å²) in [5.74, 6) is -2.71. The first-order chi connectivity index (χ1) is 29.5. The third kappa shape index (κ3) is 41.5. The SMILES string of the molecule is CC/C=C\C/C=C\C/C=C\C/C=C\C/C=C\C=C/C(O)CCC(=O)OC[C@H](COP(=O)(O)OC[C@H](N)C(=O)O)OC(=O)CCCCCCCCC/C=C\C/C=C\CCCCC. The number of allylic oxidation sites excluding steroid dienone is 15. The largest absolute Gasteiger partial charge is 0.480 e. The predicted octanol–water partition coefficient (Wildman–Crippen LogP) is 11.0. The van der Waals surface area contributed by atoms with Gasteiger partial charge in [0.25, 0.3) is 0 Å². The number of aliphatic hydroxyl groups is 1. The predicted molar refractivity (Wildman–Crippen MR) is 246 cm³/mol. The van der Waals surface area contributed by atoms with Gasteiger partial charge in [-0.1, -0.05) is 156 Å². The highest BCUT2D eigenvalue weighted by atomic mass is 31.2. The van der Waals surface area contributed by atoms with Gasteiger partial charge in [-0.15, -0.1) is 0 Å². The molecule has 0 saturated carbocycles. The smallest absolute Gasteiger partial charge is 0.472 e. The molecule has 0 radical (unpaired) electrons. The van der Waals surface area contributed by atoms with Crippen molar-refractivity contribution in [1.82, 2.24) is 0 Å². The third-order valence-electron chi connectivity index (χ3n) is 8.93. The molecule has 346 valence electrons. The maximum absolute atomic E-state index is 12.6. The number of ether oxygens (including phenoxy) is 2. The molecule has 0 aliphatic carbocycles. The van der Waals surface area contributed by atoms with Crippen molar-refractivity contribution in [3.8, 4) is 0 Å². The van der Waals surface area contributed by atoms with E-state index in [1.165, 1.54) is 19.3 Å². The van der Waals surface area contributed by atoms with Gasteiger partial charge in [-0.2, -0.15) is 0 Å². The van der Waals surface area contributed by atoms with Crippen molar-refractivity contribution in [2.75, 3.05) is 19.8 Å². The van der Waals surface area contributed by atoms with Gasteiger partial charge in [0.2, 0.25) is 0 Å². The fourth-order valence-corrected chi connectivity index (χ4v) is 6.16. The minimum absolute atomic E-state index is 0.0820. The Hall–Kier alpha value is -3.64. The van der Waals surface area contributed by atoms with Gasteiger partial charge in [0.15, 0.2) is 6.10 Å². The molecular formula is C48H78NO11P. The maximum Gasteiger partial charge on any atom is 0.472 e. The second kappa shape index (κ2) is 41.7. The summed E-state index contributed by atoms with van der Waals surface area (Å²) in [6.45, 7) is 2.39. The number of carboxylic acids is 1. The lowest BCUT2D eigenvalue weighted by atomic mass is 10.1. The van der Waals surface area contributed by atoms with E-state index in [1.54, 1.807) is 12.2 Å². The van der Waals surface area contributed by atoms with Crippen LogP contribution in [0.2, 0.25) is 0 Å². The molecule has 0 aromatic rings. The lowest BCUT2D eigenvalue weighted by Crippen LogP contribution is -2.34. The molecule has 0 aromatic carbocycles. The Labute approximate surface area is 367 Å². The van der Waals surface area contributed by atoms with Gasteiger partial charge in [0, 0.05) is 12.8 Å². The molecule has 5 N–H and O–H groups in total. The Morgan fingerprint density at radius 1 is 0.607 bits per heavy atom. The van der Waals surface area contributed by atoms with Crippen molar-refractivity contribution in [2.24, 2.45) is 5.73 Å². The number of aliphatic hydroxyl groups excluding tert-OH is 1. The van der Waals surface area contributed by atoms with Crippen LogP contribution < -0.4 is 5.73 Å². The molecule has 13 heteroatoms. The number of rotatable bonds is 40. The highest BCUT2D eigenvalue weighted by Gasteiger charge is 2.28. The van der Waals surface area contributed by atoms with E-state index < -0.39 is 63.8 Å². The molecule has 0 spiro atoms. The summed E-state index contributed by atoms with van der Waals surface area (Å²) in [5.41, 5.74) is 5.32. The molecule has 0 saturated heterocycles. The topological polar surface area (TPSA) is 192 Å². The number of nitrogens with two attached hydrogens (primary N) is 1. The molecule has 0 bridgehead atoms. The quantitative estimate of drug-likeness (QED) is 0.0150. The van der Waals surface area contributed by atoms with E-state index in [2.05, 4.69) is 91.3 Å². The second-order valence-electron chi connectivity index (χ2n) is 14.6. The van der Waals surface area contributed by atoms with Crippen LogP contribution in [0.4, 0.5) is 0 Å². The van der Waals surface area contributed by atoms with Gasteiger partial charge >= 0.3 is 25.7 Å². The Bertz CT molecular complexity index is 1420. The van der Waals surface area contributed by atoms with Crippen LogP contribution >= 0.6 is 7.82 Å². The van der Waals surface area contributed by atoms with E-state index in [0.717, 1.165) is 89.9 Å². The fourth-order valence-electron chi connectivity index (χ4n) is 5.38. The van der Waals surface area contributed by atoms with E-state index in [0.29, 0.717) is 6.42 Å². The zero-order chi connectivity index (χ0) is 45.1. The average molecular weight is 876 g/mol. The van der Waals surface area contributed by atoms with Crippen LogP contribution in [0.1, 0.15) is 149 Å². The second-order valence-corrected chi connectivity index (χ2v) is 16.1. The van der Waals surface area contributed by atoms with Crippen molar-refractivity contribution in [3.05, 3.63) is 97.2 Å². The van der Waals surface area contributed by atoms with Gasteiger partial charge in [0.1, 0.15) is 12.6 Å². The molecule has 0 aromatic heterocycles. The summed E-state index contributed by atoms with van der Waals surface area (Å²) in [7, 11) is -4.78. The van der Waals surface area contributed by atoms with Crippen molar-refractivity contribution in [3.63, 3.8) is 0 Å². The van der Waals surface area contributed by atoms with E-state index in [1.807, 2.05) is 12.2 Å². The zero-order valence-electron chi connectivity index (χ0n) is 37.1. The molecular weight excluding hydrogens is 797 g/mol. The normalized spacial score (nSPS) is 15.1. The fraction of sp³-hybridized carbons (Fsp3) is 0.604. The minimum Gasteiger partial charge on any atom is -0.480 e. The molecule has 2 unspecified atom stereocenters. The number of carboxylic acid groups (broad SMARTS) is 1. The summed E-state index contributed by atoms with van der Waals surface area (Å²) in [4.78, 5) is 46.0. The van der Waals surface area contributed by atoms with Crippen LogP contribution in [-0.4, -0.2) is 71.1 Å². The zero-order valence-corrected chi connectivity index (χ0v) is 38.0. The number of carbonyl (C=O) groups is 3. The van der Waals surface area contributed by atoms with Crippen molar-refractivity contribution < 1.29 is 52.6 Å². The summed E-state index contributed by atoms with van der Waals surface area (Å²) in [5, 5.41) is 19.2. The molecule has 0 fully saturated rings. The van der Waals surface area contributed by atoms with Crippen molar-refractivity contribution in [1.29, 1.82) is 0 Å². The molecule has 0 heterocycles. The summed E-state index contributed by atoms with van der Waals surface area (Å²) in [6.07, 6.45) is 49.4. The average Bonchev–Trinajstić information content (AvgIpc) is 3.23. The van der Waals surface area contributed by atoms with Gasteiger partial charge in [-0.3, -0.25) is 23.4 Å². The minimum atomic E-state index is -4.78. The van der Waals surface area contributed by atoms with Gasteiger partial charge in [0.05, 0.1) is 19.3 Å². The standard InChI is InChI=1S/C48H78NO11P/c1-3-5-7-9-11-13-15-17-19-21-23-25-27-29-31-33-35-37-47(52)60-44(41-58-61(55,56)59-42-45(49)48(53)54)40-57-46(51)39-38-43(50)36-34-32-30-28-26-24-22-20-18-16-14-12-10-8-6-4-2/h6,8,11-14,17-20,24,26,30,32,34,36,43-45,50H,3-5,7,9-10,15-16,21-23,25,27-29,31,33,35,37-42,49H2,1-2H3,(H,53,54)(H,55,56)/b8-6-,13-11-,14-12-,19-17-,20-18-,26-24-,32-30-,36-34-/t43?,44-,45+/m1/s1. The van der Waals surface area contributed by atoms with Crippen LogP contribution in [0, 0.1) is 0 Å². The van der Waals surface area contributed by atoms with E-state index in [9.17, 15) is 28.9 Å². The first-order valence-corrected chi connectivity index (χ1v) is 23.9. The molecule has 12 nitrogen and oxygen atoms in total. The number of hydrogen-bond acceptors (Lipinski definition) is 10.